The molecule has 0 radical (unpaired) electrons. The second kappa shape index (κ2) is 9.13. The van der Waals surface area contributed by atoms with Crippen LogP contribution >= 0.6 is 23.2 Å². The third-order valence-electron chi connectivity index (χ3n) is 4.36. The van der Waals surface area contributed by atoms with Crippen LogP contribution in [0.5, 0.6) is 5.75 Å². The van der Waals surface area contributed by atoms with Gasteiger partial charge in [-0.2, -0.15) is 0 Å². The Morgan fingerprint density at radius 2 is 1.89 bits per heavy atom. The van der Waals surface area contributed by atoms with Crippen LogP contribution in [0.4, 0.5) is 0 Å². The van der Waals surface area contributed by atoms with Gasteiger partial charge in [0.25, 0.3) is 0 Å². The highest BCUT2D eigenvalue weighted by atomic mass is 35.5. The number of rotatable bonds is 6. The Kier molecular flexibility index (Phi) is 6.60. The molecule has 0 unspecified atom stereocenters. The lowest BCUT2D eigenvalue weighted by atomic mass is 9.84. The molecule has 0 aliphatic carbocycles. The minimum atomic E-state index is -0.509. The molecule has 0 bridgehead atoms. The third-order valence-corrected chi connectivity index (χ3v) is 4.92. The minimum Gasteiger partial charge on any atom is -0.490 e. The van der Waals surface area contributed by atoms with Crippen LogP contribution in [-0.4, -0.2) is 25.1 Å². The van der Waals surface area contributed by atoms with Crippen LogP contribution in [0.1, 0.15) is 24.8 Å². The molecule has 3 rings (SSSR count). The fraction of sp³-hybridized carbons (Fsp3) is 0.238. The molecule has 0 saturated heterocycles. The van der Waals surface area contributed by atoms with E-state index >= 15 is 0 Å². The van der Waals surface area contributed by atoms with E-state index in [0.29, 0.717) is 32.6 Å². The van der Waals surface area contributed by atoms with Gasteiger partial charge in [-0.25, -0.2) is 4.79 Å². The van der Waals surface area contributed by atoms with Crippen LogP contribution in [0.2, 0.25) is 10.0 Å². The Bertz CT molecular complexity index is 912. The number of ether oxygens (including phenoxy) is 2. The van der Waals surface area contributed by atoms with Crippen molar-refractivity contribution in [1.29, 1.82) is 0 Å². The summed E-state index contributed by atoms with van der Waals surface area (Å²) in [5, 5.41) is 3.58. The molecule has 1 heterocycles. The maximum Gasteiger partial charge on any atom is 0.336 e. The van der Waals surface area contributed by atoms with Crippen molar-refractivity contribution >= 4 is 35.1 Å². The molecule has 1 aliphatic rings. The molecule has 2 aromatic rings. The van der Waals surface area contributed by atoms with E-state index in [1.54, 1.807) is 25.1 Å². The second-order valence-corrected chi connectivity index (χ2v) is 7.15. The van der Waals surface area contributed by atoms with Gasteiger partial charge in [0.05, 0.1) is 5.57 Å². The summed E-state index contributed by atoms with van der Waals surface area (Å²) in [6.07, 6.45) is 0.101. The van der Waals surface area contributed by atoms with Gasteiger partial charge in [0, 0.05) is 28.1 Å². The predicted molar refractivity (Wildman–Crippen MR) is 108 cm³/mol. The number of allylic oxidation sites excluding steroid dienone is 1. The molecular formula is C21H19Cl2NO4. The Morgan fingerprint density at radius 1 is 1.14 bits per heavy atom. The van der Waals surface area contributed by atoms with Gasteiger partial charge in [0.1, 0.15) is 19.0 Å². The van der Waals surface area contributed by atoms with Gasteiger partial charge in [-0.15, -0.1) is 0 Å². The van der Waals surface area contributed by atoms with Crippen molar-refractivity contribution in [3.8, 4) is 5.75 Å². The average molecular weight is 420 g/mol. The average Bonchev–Trinajstić information content (AvgIpc) is 2.65. The van der Waals surface area contributed by atoms with E-state index in [9.17, 15) is 9.59 Å². The summed E-state index contributed by atoms with van der Waals surface area (Å²) in [6, 6.07) is 14.3. The van der Waals surface area contributed by atoms with Crippen molar-refractivity contribution in [3.63, 3.8) is 0 Å². The van der Waals surface area contributed by atoms with E-state index in [1.165, 1.54) is 0 Å². The van der Waals surface area contributed by atoms with E-state index in [2.05, 4.69) is 5.32 Å². The molecule has 0 saturated carbocycles. The van der Waals surface area contributed by atoms with Crippen LogP contribution in [0.3, 0.4) is 0 Å². The molecule has 1 N–H and O–H groups in total. The number of halogens is 2. The quantitative estimate of drug-likeness (QED) is 0.553. The minimum absolute atomic E-state index is 0.0829. The zero-order chi connectivity index (χ0) is 20.1. The smallest absolute Gasteiger partial charge is 0.336 e. The first-order chi connectivity index (χ1) is 13.5. The van der Waals surface area contributed by atoms with Crippen molar-refractivity contribution < 1.29 is 19.1 Å². The second-order valence-electron chi connectivity index (χ2n) is 6.31. The molecule has 2 aromatic carbocycles. The van der Waals surface area contributed by atoms with E-state index in [0.717, 1.165) is 0 Å². The van der Waals surface area contributed by atoms with Crippen molar-refractivity contribution in [1.82, 2.24) is 5.32 Å². The summed E-state index contributed by atoms with van der Waals surface area (Å²) < 4.78 is 10.9. The first-order valence-electron chi connectivity index (χ1n) is 8.76. The predicted octanol–water partition coefficient (Wildman–Crippen LogP) is 4.49. The molecule has 0 spiro atoms. The summed E-state index contributed by atoms with van der Waals surface area (Å²) in [4.78, 5) is 24.8. The number of amides is 1. The van der Waals surface area contributed by atoms with Crippen LogP contribution in [-0.2, 0) is 14.3 Å². The largest absolute Gasteiger partial charge is 0.490 e. The lowest BCUT2D eigenvalue weighted by Crippen LogP contribution is -2.34. The van der Waals surface area contributed by atoms with Crippen molar-refractivity contribution in [2.75, 3.05) is 13.2 Å². The van der Waals surface area contributed by atoms with Crippen molar-refractivity contribution in [2.45, 2.75) is 19.3 Å². The van der Waals surface area contributed by atoms with Gasteiger partial charge in [0.15, 0.2) is 0 Å². The van der Waals surface area contributed by atoms with E-state index in [4.69, 9.17) is 32.7 Å². The van der Waals surface area contributed by atoms with Crippen LogP contribution in [0.15, 0.2) is 59.8 Å². The number of carbonyl (C=O) groups excluding carboxylic acids is 2. The lowest BCUT2D eigenvalue weighted by Gasteiger charge is -2.27. The zero-order valence-corrected chi connectivity index (χ0v) is 16.7. The molecule has 7 heteroatoms. The number of esters is 1. The maximum absolute atomic E-state index is 12.7. The molecule has 0 fully saturated rings. The first-order valence-corrected chi connectivity index (χ1v) is 9.52. The normalized spacial score (nSPS) is 16.5. The Hall–Kier alpha value is -2.50. The third kappa shape index (κ3) is 4.86. The molecule has 146 valence electrons. The topological polar surface area (TPSA) is 64.6 Å². The number of benzene rings is 2. The van der Waals surface area contributed by atoms with Crippen LogP contribution < -0.4 is 10.1 Å². The summed E-state index contributed by atoms with van der Waals surface area (Å²) in [7, 11) is 0. The molecule has 0 aromatic heterocycles. The Balaban J connectivity index is 1.71. The van der Waals surface area contributed by atoms with E-state index in [1.807, 2.05) is 30.3 Å². The summed E-state index contributed by atoms with van der Waals surface area (Å²) >= 11 is 12.3. The molecule has 28 heavy (non-hydrogen) atoms. The standard InChI is InChI=1S/C21H19Cl2NO4/c1-13-20(21(26)28-10-9-27-15-5-3-2-4-6-15)17(12-19(25)24-13)16-8-7-14(22)11-18(16)23/h2-8,11,17H,9-10,12H2,1H3,(H,24,25)/t17-/m0/s1. The van der Waals surface area contributed by atoms with E-state index in [-0.39, 0.29) is 25.5 Å². The van der Waals surface area contributed by atoms with Gasteiger partial charge >= 0.3 is 5.97 Å². The van der Waals surface area contributed by atoms with Gasteiger partial charge in [0.2, 0.25) is 5.91 Å². The monoisotopic (exact) mass is 419 g/mol. The van der Waals surface area contributed by atoms with Gasteiger partial charge in [-0.05, 0) is 36.8 Å². The molecule has 1 atom stereocenters. The fourth-order valence-electron chi connectivity index (χ4n) is 3.11. The molecule has 5 nitrogen and oxygen atoms in total. The highest BCUT2D eigenvalue weighted by Crippen LogP contribution is 2.38. The zero-order valence-electron chi connectivity index (χ0n) is 15.2. The molecule has 1 aliphatic heterocycles. The van der Waals surface area contributed by atoms with Crippen LogP contribution in [0, 0.1) is 0 Å². The SMILES string of the molecule is CC1=C(C(=O)OCCOc2ccccc2)[C@H](c2ccc(Cl)cc2Cl)CC(=O)N1. The highest BCUT2D eigenvalue weighted by Gasteiger charge is 2.33. The Labute approximate surface area is 173 Å². The van der Waals surface area contributed by atoms with Crippen molar-refractivity contribution in [2.24, 2.45) is 0 Å². The summed E-state index contributed by atoms with van der Waals surface area (Å²) in [6.45, 7) is 1.98. The lowest BCUT2D eigenvalue weighted by molar-refractivity contribution is -0.140. The number of carbonyl (C=O) groups is 2. The summed E-state index contributed by atoms with van der Waals surface area (Å²) in [5.74, 6) is -0.492. The maximum atomic E-state index is 12.7. The number of hydrogen-bond acceptors (Lipinski definition) is 4. The first kappa shape index (κ1) is 20.2. The fourth-order valence-corrected chi connectivity index (χ4v) is 3.65. The van der Waals surface area contributed by atoms with Crippen molar-refractivity contribution in [3.05, 3.63) is 75.4 Å². The number of hydrogen-bond donors (Lipinski definition) is 1. The van der Waals surface area contributed by atoms with Crippen LogP contribution in [0.25, 0.3) is 0 Å². The molecular weight excluding hydrogens is 401 g/mol. The van der Waals surface area contributed by atoms with Gasteiger partial charge in [-0.1, -0.05) is 47.5 Å². The van der Waals surface area contributed by atoms with E-state index < -0.39 is 11.9 Å². The number of nitrogens with one attached hydrogen (secondary N) is 1. The highest BCUT2D eigenvalue weighted by molar-refractivity contribution is 6.35. The summed E-state index contributed by atoms with van der Waals surface area (Å²) in [5.41, 5.74) is 1.50. The van der Waals surface area contributed by atoms with Gasteiger partial charge < -0.3 is 14.8 Å². The Morgan fingerprint density at radius 3 is 2.61 bits per heavy atom. The molecule has 1 amide bonds. The number of para-hydroxylation sites is 1. The van der Waals surface area contributed by atoms with Gasteiger partial charge in [-0.3, -0.25) is 4.79 Å².